The van der Waals surface area contributed by atoms with E-state index in [0.29, 0.717) is 0 Å². The molecule has 0 aliphatic heterocycles. The van der Waals surface area contributed by atoms with Crippen molar-refractivity contribution in [2.45, 2.75) is 0 Å². The molecule has 0 saturated heterocycles. The second kappa shape index (κ2) is 5.82. The van der Waals surface area contributed by atoms with Crippen LogP contribution in [-0.2, 0) is 4.79 Å². The quantitative estimate of drug-likeness (QED) is 0.601. The maximum absolute atomic E-state index is 10.3. The minimum Gasteiger partial charge on any atom is -0.497 e. The van der Waals surface area contributed by atoms with Crippen molar-refractivity contribution in [1.29, 1.82) is 0 Å². The van der Waals surface area contributed by atoms with E-state index in [9.17, 15) is 4.79 Å². The highest BCUT2D eigenvalue weighted by Crippen LogP contribution is 2.23. The first-order valence-electron chi connectivity index (χ1n) is 5.70. The molecule has 0 aromatic heterocycles. The van der Waals surface area contributed by atoms with Gasteiger partial charge < -0.3 is 4.74 Å². The van der Waals surface area contributed by atoms with Crippen molar-refractivity contribution in [2.75, 3.05) is 7.11 Å². The van der Waals surface area contributed by atoms with E-state index in [2.05, 4.69) is 0 Å². The second-order valence-electron chi connectivity index (χ2n) is 3.85. The SMILES string of the molecule is COc1ccc(-c2cccc(/C=C/C=O)c2)cc1. The van der Waals surface area contributed by atoms with Crippen LogP contribution in [0.1, 0.15) is 5.56 Å². The van der Waals surface area contributed by atoms with E-state index in [0.717, 1.165) is 28.7 Å². The number of hydrogen-bond donors (Lipinski definition) is 0. The van der Waals surface area contributed by atoms with E-state index in [1.54, 1.807) is 13.2 Å². The molecule has 0 bridgehead atoms. The maximum Gasteiger partial charge on any atom is 0.142 e. The smallest absolute Gasteiger partial charge is 0.142 e. The average Bonchev–Trinajstić information content (AvgIpc) is 2.45. The van der Waals surface area contributed by atoms with Gasteiger partial charge in [-0.15, -0.1) is 0 Å². The van der Waals surface area contributed by atoms with Crippen LogP contribution in [0.3, 0.4) is 0 Å². The lowest BCUT2D eigenvalue weighted by molar-refractivity contribution is -0.104. The van der Waals surface area contributed by atoms with Gasteiger partial charge in [-0.05, 0) is 41.0 Å². The fourth-order valence-corrected chi connectivity index (χ4v) is 1.76. The number of ether oxygens (including phenoxy) is 1. The molecule has 0 aliphatic carbocycles. The Bertz CT molecular complexity index is 554. The van der Waals surface area contributed by atoms with Gasteiger partial charge in [0, 0.05) is 0 Å². The van der Waals surface area contributed by atoms with E-state index in [4.69, 9.17) is 4.74 Å². The molecule has 18 heavy (non-hydrogen) atoms. The summed E-state index contributed by atoms with van der Waals surface area (Å²) in [6.45, 7) is 0. The number of carbonyl (C=O) groups excluding carboxylic acids is 1. The van der Waals surface area contributed by atoms with Crippen LogP contribution < -0.4 is 4.74 Å². The van der Waals surface area contributed by atoms with Gasteiger partial charge in [-0.2, -0.15) is 0 Å². The van der Waals surface area contributed by atoms with Crippen LogP contribution in [0.2, 0.25) is 0 Å². The van der Waals surface area contributed by atoms with Gasteiger partial charge in [0.25, 0.3) is 0 Å². The first kappa shape index (κ1) is 12.1. The Kier molecular flexibility index (Phi) is 3.92. The number of allylic oxidation sites excluding steroid dienone is 1. The molecule has 0 spiro atoms. The highest BCUT2D eigenvalue weighted by molar-refractivity contribution is 5.75. The van der Waals surface area contributed by atoms with Crippen LogP contribution in [-0.4, -0.2) is 13.4 Å². The van der Waals surface area contributed by atoms with Gasteiger partial charge in [0.15, 0.2) is 0 Å². The third kappa shape index (κ3) is 2.86. The molecule has 2 heteroatoms. The van der Waals surface area contributed by atoms with E-state index < -0.39 is 0 Å². The Morgan fingerprint density at radius 2 is 1.78 bits per heavy atom. The molecule has 0 fully saturated rings. The van der Waals surface area contributed by atoms with Gasteiger partial charge >= 0.3 is 0 Å². The van der Waals surface area contributed by atoms with Crippen molar-refractivity contribution in [3.8, 4) is 16.9 Å². The summed E-state index contributed by atoms with van der Waals surface area (Å²) in [5.41, 5.74) is 3.25. The third-order valence-electron chi connectivity index (χ3n) is 2.68. The van der Waals surface area contributed by atoms with Crippen LogP contribution in [0, 0.1) is 0 Å². The first-order chi connectivity index (χ1) is 8.83. The van der Waals surface area contributed by atoms with E-state index >= 15 is 0 Å². The fourth-order valence-electron chi connectivity index (χ4n) is 1.76. The molecule has 90 valence electrons. The largest absolute Gasteiger partial charge is 0.497 e. The molecule has 0 unspecified atom stereocenters. The van der Waals surface area contributed by atoms with Crippen LogP contribution in [0.15, 0.2) is 54.6 Å². The van der Waals surface area contributed by atoms with Crippen molar-refractivity contribution >= 4 is 12.4 Å². The van der Waals surface area contributed by atoms with Crippen LogP contribution in [0.25, 0.3) is 17.2 Å². The zero-order chi connectivity index (χ0) is 12.8. The number of aldehydes is 1. The molecule has 2 rings (SSSR count). The Morgan fingerprint density at radius 1 is 1.00 bits per heavy atom. The van der Waals surface area contributed by atoms with Crippen molar-refractivity contribution in [1.82, 2.24) is 0 Å². The highest BCUT2D eigenvalue weighted by Gasteiger charge is 1.98. The van der Waals surface area contributed by atoms with Gasteiger partial charge in [-0.1, -0.05) is 36.4 Å². The van der Waals surface area contributed by atoms with Crippen LogP contribution >= 0.6 is 0 Å². The molecule has 0 amide bonds. The van der Waals surface area contributed by atoms with Gasteiger partial charge in [0.2, 0.25) is 0 Å². The van der Waals surface area contributed by atoms with Gasteiger partial charge in [0.1, 0.15) is 12.0 Å². The van der Waals surface area contributed by atoms with Crippen molar-refractivity contribution in [3.63, 3.8) is 0 Å². The van der Waals surface area contributed by atoms with Crippen molar-refractivity contribution in [3.05, 3.63) is 60.2 Å². The van der Waals surface area contributed by atoms with Crippen molar-refractivity contribution in [2.24, 2.45) is 0 Å². The normalized spacial score (nSPS) is 10.5. The molecule has 2 aromatic carbocycles. The number of methoxy groups -OCH3 is 1. The molecule has 0 aliphatic rings. The maximum atomic E-state index is 10.3. The van der Waals surface area contributed by atoms with Gasteiger partial charge in [0.05, 0.1) is 7.11 Å². The topological polar surface area (TPSA) is 26.3 Å². The number of hydrogen-bond acceptors (Lipinski definition) is 2. The Hall–Kier alpha value is -2.35. The Labute approximate surface area is 107 Å². The molecule has 2 aromatic rings. The minimum atomic E-state index is 0.778. The summed E-state index contributed by atoms with van der Waals surface area (Å²) in [6, 6.07) is 15.9. The number of benzene rings is 2. The van der Waals surface area contributed by atoms with Gasteiger partial charge in [-0.3, -0.25) is 4.79 Å². The number of carbonyl (C=O) groups is 1. The van der Waals surface area contributed by atoms with Crippen LogP contribution in [0.4, 0.5) is 0 Å². The van der Waals surface area contributed by atoms with E-state index in [1.807, 2.05) is 48.5 Å². The Balaban J connectivity index is 2.31. The third-order valence-corrected chi connectivity index (χ3v) is 2.68. The highest BCUT2D eigenvalue weighted by atomic mass is 16.5. The lowest BCUT2D eigenvalue weighted by Gasteiger charge is -2.04. The summed E-state index contributed by atoms with van der Waals surface area (Å²) in [4.78, 5) is 10.3. The number of rotatable bonds is 4. The zero-order valence-electron chi connectivity index (χ0n) is 10.2. The predicted molar refractivity (Wildman–Crippen MR) is 73.5 cm³/mol. The summed E-state index contributed by atoms with van der Waals surface area (Å²) in [5.74, 6) is 0.843. The van der Waals surface area contributed by atoms with Gasteiger partial charge in [-0.25, -0.2) is 0 Å². The minimum absolute atomic E-state index is 0.778. The first-order valence-corrected chi connectivity index (χ1v) is 5.70. The lowest BCUT2D eigenvalue weighted by Crippen LogP contribution is -1.83. The zero-order valence-corrected chi connectivity index (χ0v) is 10.2. The molecular formula is C16H14O2. The predicted octanol–water partition coefficient (Wildman–Crippen LogP) is 3.57. The van der Waals surface area contributed by atoms with E-state index in [1.165, 1.54) is 6.08 Å². The summed E-state index contributed by atoms with van der Waals surface area (Å²) in [5, 5.41) is 0. The summed E-state index contributed by atoms with van der Waals surface area (Å²) < 4.78 is 5.13. The molecule has 0 heterocycles. The molecule has 0 radical (unpaired) electrons. The summed E-state index contributed by atoms with van der Waals surface area (Å²) in [7, 11) is 1.65. The monoisotopic (exact) mass is 238 g/mol. The van der Waals surface area contributed by atoms with Crippen LogP contribution in [0.5, 0.6) is 5.75 Å². The molecule has 0 atom stereocenters. The Morgan fingerprint density at radius 3 is 2.44 bits per heavy atom. The molecule has 2 nitrogen and oxygen atoms in total. The lowest BCUT2D eigenvalue weighted by atomic mass is 10.0. The second-order valence-corrected chi connectivity index (χ2v) is 3.85. The summed E-state index contributed by atoms with van der Waals surface area (Å²) >= 11 is 0. The standard InChI is InChI=1S/C16H14O2/c1-18-16-9-7-14(8-10-16)15-6-2-4-13(12-15)5-3-11-17/h2-12H,1H3/b5-3+. The molecular weight excluding hydrogens is 224 g/mol. The average molecular weight is 238 g/mol. The van der Waals surface area contributed by atoms with E-state index in [-0.39, 0.29) is 0 Å². The summed E-state index contributed by atoms with van der Waals surface area (Å²) in [6.07, 6.45) is 4.06. The fraction of sp³-hybridized carbons (Fsp3) is 0.0625. The molecule has 0 N–H and O–H groups in total. The van der Waals surface area contributed by atoms with Crippen molar-refractivity contribution < 1.29 is 9.53 Å². The molecule has 0 saturated carbocycles.